The molecule has 0 bridgehead atoms. The summed E-state index contributed by atoms with van der Waals surface area (Å²) in [6, 6.07) is 6.39. The fourth-order valence-corrected chi connectivity index (χ4v) is 5.48. The van der Waals surface area contributed by atoms with Crippen molar-refractivity contribution in [3.05, 3.63) is 50.6 Å². The molecule has 4 heterocycles. The predicted octanol–water partition coefficient (Wildman–Crippen LogP) is 3.20. The molecule has 0 aromatic carbocycles. The fourth-order valence-electron chi connectivity index (χ4n) is 2.95. The van der Waals surface area contributed by atoms with E-state index in [0.717, 1.165) is 18.1 Å². The predicted molar refractivity (Wildman–Crippen MR) is 97.6 cm³/mol. The summed E-state index contributed by atoms with van der Waals surface area (Å²) in [5, 5.41) is 12.9. The van der Waals surface area contributed by atoms with Gasteiger partial charge in [-0.05, 0) is 34.9 Å². The van der Waals surface area contributed by atoms with E-state index < -0.39 is 0 Å². The highest BCUT2D eigenvalue weighted by atomic mass is 32.2. The van der Waals surface area contributed by atoms with E-state index in [-0.39, 0.29) is 11.9 Å². The summed E-state index contributed by atoms with van der Waals surface area (Å²) in [6.07, 6.45) is 2.59. The molecule has 1 amide bonds. The van der Waals surface area contributed by atoms with E-state index >= 15 is 0 Å². The van der Waals surface area contributed by atoms with E-state index in [9.17, 15) is 4.79 Å². The van der Waals surface area contributed by atoms with Gasteiger partial charge in [-0.3, -0.25) is 4.79 Å². The number of carbonyl (C=O) groups excluding carboxylic acids is 1. The highest BCUT2D eigenvalue weighted by Gasteiger charge is 2.33. The van der Waals surface area contributed by atoms with Crippen LogP contribution in [0, 0.1) is 0 Å². The van der Waals surface area contributed by atoms with Crippen LogP contribution in [-0.4, -0.2) is 37.9 Å². The topological polar surface area (TPSA) is 51.0 Å². The molecule has 0 saturated heterocycles. The zero-order valence-electron chi connectivity index (χ0n) is 13.1. The number of amides is 1. The van der Waals surface area contributed by atoms with Crippen molar-refractivity contribution in [3.8, 4) is 0 Å². The van der Waals surface area contributed by atoms with Crippen LogP contribution < -0.4 is 0 Å². The Hall–Kier alpha value is -1.64. The Morgan fingerprint density at radius 2 is 2.29 bits per heavy atom. The number of nitrogens with zero attached hydrogens (tertiary/aromatic N) is 4. The lowest BCUT2D eigenvalue weighted by molar-refractivity contribution is -0.130. The molecule has 1 aliphatic heterocycles. The Labute approximate surface area is 152 Å². The number of carbonyl (C=O) groups is 1. The molecule has 1 unspecified atom stereocenters. The van der Waals surface area contributed by atoms with Gasteiger partial charge in [-0.1, -0.05) is 17.8 Å². The van der Waals surface area contributed by atoms with Crippen molar-refractivity contribution in [1.29, 1.82) is 0 Å². The highest BCUT2D eigenvalue weighted by molar-refractivity contribution is 7.99. The highest BCUT2D eigenvalue weighted by Crippen LogP contribution is 2.39. The van der Waals surface area contributed by atoms with E-state index in [1.54, 1.807) is 29.0 Å². The molecule has 3 aromatic heterocycles. The van der Waals surface area contributed by atoms with Gasteiger partial charge in [-0.2, -0.15) is 0 Å². The number of aryl methyl sites for hydroxylation is 1. The lowest BCUT2D eigenvalue weighted by atomic mass is 9.98. The van der Waals surface area contributed by atoms with E-state index in [4.69, 9.17) is 0 Å². The molecule has 124 valence electrons. The second-order valence-electron chi connectivity index (χ2n) is 5.57. The van der Waals surface area contributed by atoms with Crippen molar-refractivity contribution in [2.75, 3.05) is 12.3 Å². The zero-order chi connectivity index (χ0) is 16.5. The fraction of sp³-hybridized carbons (Fsp3) is 0.312. The minimum atomic E-state index is 0.0487. The van der Waals surface area contributed by atoms with E-state index in [0.29, 0.717) is 5.75 Å². The van der Waals surface area contributed by atoms with E-state index in [1.807, 2.05) is 16.5 Å². The summed E-state index contributed by atoms with van der Waals surface area (Å²) < 4.78 is 1.84. The van der Waals surface area contributed by atoms with Gasteiger partial charge in [0.15, 0.2) is 5.16 Å². The van der Waals surface area contributed by atoms with Gasteiger partial charge in [0, 0.05) is 23.3 Å². The molecule has 24 heavy (non-hydrogen) atoms. The standard InChI is InChI=1S/C16H16N4OS3/c1-19-10-17-18-16(19)24-9-14(21)20-6-4-12-11(5-8-23-12)15(20)13-3-2-7-22-13/h2-3,5,7-8,10,15H,4,6,9H2,1H3. The summed E-state index contributed by atoms with van der Waals surface area (Å²) >= 11 is 4.95. The zero-order valence-corrected chi connectivity index (χ0v) is 15.5. The third-order valence-electron chi connectivity index (χ3n) is 4.09. The van der Waals surface area contributed by atoms with Crippen molar-refractivity contribution < 1.29 is 4.79 Å². The first kappa shape index (κ1) is 15.9. The number of hydrogen-bond acceptors (Lipinski definition) is 6. The van der Waals surface area contributed by atoms with Gasteiger partial charge < -0.3 is 9.47 Å². The lowest BCUT2D eigenvalue weighted by Gasteiger charge is -2.35. The van der Waals surface area contributed by atoms with Crippen molar-refractivity contribution in [2.45, 2.75) is 17.6 Å². The first-order valence-corrected chi connectivity index (χ1v) is 10.3. The number of rotatable bonds is 4. The molecule has 0 fully saturated rings. The van der Waals surface area contributed by atoms with Crippen molar-refractivity contribution in [1.82, 2.24) is 19.7 Å². The molecule has 1 aliphatic rings. The molecular formula is C16H16N4OS3. The molecule has 4 rings (SSSR count). The summed E-state index contributed by atoms with van der Waals surface area (Å²) in [4.78, 5) is 17.5. The van der Waals surface area contributed by atoms with Gasteiger partial charge in [0.25, 0.3) is 0 Å². The lowest BCUT2D eigenvalue weighted by Crippen LogP contribution is -2.40. The second-order valence-corrected chi connectivity index (χ2v) is 8.49. The van der Waals surface area contributed by atoms with Crippen LogP contribution in [-0.2, 0) is 18.3 Å². The molecule has 0 N–H and O–H groups in total. The first-order valence-electron chi connectivity index (χ1n) is 7.60. The van der Waals surface area contributed by atoms with Crippen LogP contribution in [0.15, 0.2) is 40.4 Å². The summed E-state index contributed by atoms with van der Waals surface area (Å²) in [5.74, 6) is 0.534. The van der Waals surface area contributed by atoms with Gasteiger partial charge >= 0.3 is 0 Å². The molecule has 8 heteroatoms. The summed E-state index contributed by atoms with van der Waals surface area (Å²) in [5.41, 5.74) is 1.28. The van der Waals surface area contributed by atoms with Crippen LogP contribution in [0.3, 0.4) is 0 Å². The van der Waals surface area contributed by atoms with Crippen LogP contribution in [0.5, 0.6) is 0 Å². The van der Waals surface area contributed by atoms with E-state index in [1.165, 1.54) is 27.1 Å². The Morgan fingerprint density at radius 3 is 3.04 bits per heavy atom. The number of hydrogen-bond donors (Lipinski definition) is 0. The van der Waals surface area contributed by atoms with Gasteiger partial charge in [0.05, 0.1) is 11.8 Å². The third-order valence-corrected chi connectivity index (χ3v) is 7.03. The smallest absolute Gasteiger partial charge is 0.233 e. The number of aromatic nitrogens is 3. The van der Waals surface area contributed by atoms with E-state index in [2.05, 4.69) is 39.2 Å². The largest absolute Gasteiger partial charge is 0.330 e. The van der Waals surface area contributed by atoms with Crippen LogP contribution in [0.25, 0.3) is 0 Å². The molecule has 0 radical (unpaired) electrons. The van der Waals surface area contributed by atoms with Crippen molar-refractivity contribution in [3.63, 3.8) is 0 Å². The average Bonchev–Trinajstić information content (AvgIpc) is 3.33. The number of thiophene rings is 2. The molecule has 5 nitrogen and oxygen atoms in total. The molecule has 3 aromatic rings. The SMILES string of the molecule is Cn1cnnc1SCC(=O)N1CCc2sccc2C1c1cccs1. The first-order chi connectivity index (χ1) is 11.7. The van der Waals surface area contributed by atoms with Crippen LogP contribution in [0.4, 0.5) is 0 Å². The maximum Gasteiger partial charge on any atom is 0.233 e. The minimum Gasteiger partial charge on any atom is -0.330 e. The number of thioether (sulfide) groups is 1. The minimum absolute atomic E-state index is 0.0487. The van der Waals surface area contributed by atoms with Gasteiger partial charge in [0.1, 0.15) is 6.33 Å². The van der Waals surface area contributed by atoms with Crippen LogP contribution >= 0.6 is 34.4 Å². The normalized spacial score (nSPS) is 17.0. The van der Waals surface area contributed by atoms with Gasteiger partial charge in [-0.15, -0.1) is 32.9 Å². The molecule has 1 atom stereocenters. The van der Waals surface area contributed by atoms with Crippen LogP contribution in [0.1, 0.15) is 21.4 Å². The molecule has 0 saturated carbocycles. The maximum absolute atomic E-state index is 12.9. The molecule has 0 aliphatic carbocycles. The monoisotopic (exact) mass is 376 g/mol. The Kier molecular flexibility index (Phi) is 4.43. The summed E-state index contributed by atoms with van der Waals surface area (Å²) in [6.45, 7) is 0.772. The Bertz CT molecular complexity index is 839. The quantitative estimate of drug-likeness (QED) is 0.656. The van der Waals surface area contributed by atoms with Crippen molar-refractivity contribution in [2.24, 2.45) is 7.05 Å². The molecule has 0 spiro atoms. The molecular weight excluding hydrogens is 360 g/mol. The van der Waals surface area contributed by atoms with Gasteiger partial charge in [-0.25, -0.2) is 0 Å². The summed E-state index contributed by atoms with van der Waals surface area (Å²) in [7, 11) is 1.89. The van der Waals surface area contributed by atoms with Gasteiger partial charge in [0.2, 0.25) is 5.91 Å². The van der Waals surface area contributed by atoms with Crippen LogP contribution in [0.2, 0.25) is 0 Å². The number of fused-ring (bicyclic) bond motifs is 1. The average molecular weight is 377 g/mol. The second kappa shape index (κ2) is 6.70. The van der Waals surface area contributed by atoms with Crippen molar-refractivity contribution >= 4 is 40.3 Å². The maximum atomic E-state index is 12.9. The Morgan fingerprint density at radius 1 is 1.38 bits per heavy atom. The third kappa shape index (κ3) is 2.89. The Balaban J connectivity index is 1.57.